The first-order valence-electron chi connectivity index (χ1n) is 20.0. The maximum atomic E-state index is 6.76. The predicted octanol–water partition coefficient (Wildman–Crippen LogP) is 15.7. The fraction of sp³-hybridized carbons (Fsp3) is 0.0545. The van der Waals surface area contributed by atoms with Crippen molar-refractivity contribution in [3.05, 3.63) is 199 Å². The molecule has 2 heterocycles. The molecule has 58 heavy (non-hydrogen) atoms. The third-order valence-electron chi connectivity index (χ3n) is 12.5. The van der Waals surface area contributed by atoms with Crippen molar-refractivity contribution in [1.82, 2.24) is 0 Å². The van der Waals surface area contributed by atoms with Gasteiger partial charge >= 0.3 is 0 Å². The lowest BCUT2D eigenvalue weighted by atomic mass is 9.82. The molecule has 3 nitrogen and oxygen atoms in total. The van der Waals surface area contributed by atoms with Gasteiger partial charge in [-0.05, 0) is 98.9 Å². The molecule has 0 radical (unpaired) electrons. The van der Waals surface area contributed by atoms with Gasteiger partial charge in [0.25, 0.3) is 0 Å². The van der Waals surface area contributed by atoms with Crippen molar-refractivity contribution >= 4 is 71.7 Å². The summed E-state index contributed by atoms with van der Waals surface area (Å²) in [5.74, 6) is 0. The Bertz CT molecular complexity index is 3420. The van der Waals surface area contributed by atoms with Gasteiger partial charge in [0.1, 0.15) is 22.3 Å². The van der Waals surface area contributed by atoms with Gasteiger partial charge in [0.05, 0.1) is 5.69 Å². The van der Waals surface area contributed by atoms with E-state index in [1.165, 1.54) is 33.0 Å². The number of benzene rings is 9. The molecular weight excluding hydrogens is 707 g/mol. The minimum Gasteiger partial charge on any atom is -0.456 e. The Kier molecular flexibility index (Phi) is 6.98. The predicted molar refractivity (Wildman–Crippen MR) is 242 cm³/mol. The van der Waals surface area contributed by atoms with Crippen molar-refractivity contribution in [2.75, 3.05) is 4.90 Å². The molecule has 2 aromatic heterocycles. The molecule has 0 saturated heterocycles. The zero-order valence-corrected chi connectivity index (χ0v) is 32.2. The zero-order valence-electron chi connectivity index (χ0n) is 32.2. The van der Waals surface area contributed by atoms with Crippen LogP contribution in [0.4, 0.5) is 17.1 Å². The molecule has 0 bridgehead atoms. The molecule has 0 saturated carbocycles. The van der Waals surface area contributed by atoms with Gasteiger partial charge < -0.3 is 13.7 Å². The van der Waals surface area contributed by atoms with Crippen molar-refractivity contribution in [1.29, 1.82) is 0 Å². The summed E-state index contributed by atoms with van der Waals surface area (Å²) in [6.07, 6.45) is 0. The molecule has 0 N–H and O–H groups in total. The van der Waals surface area contributed by atoms with E-state index in [-0.39, 0.29) is 5.41 Å². The second kappa shape index (κ2) is 12.3. The second-order valence-electron chi connectivity index (χ2n) is 16.1. The number of hydrogen-bond donors (Lipinski definition) is 0. The summed E-state index contributed by atoms with van der Waals surface area (Å²) in [7, 11) is 0. The first-order valence-corrected chi connectivity index (χ1v) is 20.0. The molecule has 1 aliphatic carbocycles. The van der Waals surface area contributed by atoms with E-state index in [1.54, 1.807) is 0 Å². The highest BCUT2D eigenvalue weighted by atomic mass is 16.3. The van der Waals surface area contributed by atoms with E-state index in [4.69, 9.17) is 8.83 Å². The SMILES string of the molecule is CC1(C)c2ccccc2-c2ccc(N(c3ccc(-c4ccc5oc6c(-c7ccccc7)c7c(cc6c5c4)oc4ccccc47)cc3)c3cccc4ccccc34)cc21. The molecule has 0 unspecified atom stereocenters. The van der Waals surface area contributed by atoms with Crippen LogP contribution in [0.3, 0.4) is 0 Å². The van der Waals surface area contributed by atoms with Crippen LogP contribution in [0.5, 0.6) is 0 Å². The van der Waals surface area contributed by atoms with E-state index in [2.05, 4.69) is 195 Å². The van der Waals surface area contributed by atoms with Crippen molar-refractivity contribution < 1.29 is 8.83 Å². The van der Waals surface area contributed by atoms with Gasteiger partial charge in [-0.2, -0.15) is 0 Å². The highest BCUT2D eigenvalue weighted by molar-refractivity contribution is 6.23. The summed E-state index contributed by atoms with van der Waals surface area (Å²) >= 11 is 0. The third kappa shape index (κ3) is 4.80. The van der Waals surface area contributed by atoms with E-state index in [1.807, 2.05) is 12.1 Å². The maximum Gasteiger partial charge on any atom is 0.144 e. The van der Waals surface area contributed by atoms with Gasteiger partial charge in [-0.15, -0.1) is 0 Å². The van der Waals surface area contributed by atoms with Crippen LogP contribution in [0.25, 0.3) is 88.0 Å². The lowest BCUT2D eigenvalue weighted by Gasteiger charge is -2.29. The summed E-state index contributed by atoms with van der Waals surface area (Å²) in [6, 6.07) is 67.6. The molecule has 9 aromatic carbocycles. The zero-order chi connectivity index (χ0) is 38.5. The van der Waals surface area contributed by atoms with E-state index in [9.17, 15) is 0 Å². The molecular formula is C55H37NO2. The number of furan rings is 2. The monoisotopic (exact) mass is 743 g/mol. The van der Waals surface area contributed by atoms with Crippen molar-refractivity contribution in [2.45, 2.75) is 19.3 Å². The van der Waals surface area contributed by atoms with Gasteiger partial charge in [0, 0.05) is 49.3 Å². The van der Waals surface area contributed by atoms with E-state index >= 15 is 0 Å². The maximum absolute atomic E-state index is 6.76. The summed E-state index contributed by atoms with van der Waals surface area (Å²) < 4.78 is 13.3. The minimum atomic E-state index is -0.107. The van der Waals surface area contributed by atoms with Crippen LogP contribution in [0.15, 0.2) is 197 Å². The fourth-order valence-electron chi connectivity index (χ4n) is 9.64. The van der Waals surface area contributed by atoms with Crippen LogP contribution in [0.1, 0.15) is 25.0 Å². The number of para-hydroxylation sites is 1. The summed E-state index contributed by atoms with van der Waals surface area (Å²) in [5.41, 5.74) is 16.5. The van der Waals surface area contributed by atoms with Crippen LogP contribution < -0.4 is 4.90 Å². The van der Waals surface area contributed by atoms with E-state index in [0.29, 0.717) is 0 Å². The first kappa shape index (κ1) is 32.8. The molecule has 0 atom stereocenters. The van der Waals surface area contributed by atoms with Crippen molar-refractivity contribution in [3.63, 3.8) is 0 Å². The molecule has 12 rings (SSSR count). The quantitative estimate of drug-likeness (QED) is 0.176. The first-order chi connectivity index (χ1) is 28.5. The minimum absolute atomic E-state index is 0.107. The fourth-order valence-corrected chi connectivity index (χ4v) is 9.64. The number of hydrogen-bond acceptors (Lipinski definition) is 3. The van der Waals surface area contributed by atoms with Gasteiger partial charge in [0.2, 0.25) is 0 Å². The largest absolute Gasteiger partial charge is 0.456 e. The highest BCUT2D eigenvalue weighted by Gasteiger charge is 2.36. The molecule has 274 valence electrons. The molecule has 1 aliphatic rings. The van der Waals surface area contributed by atoms with Crippen LogP contribution in [-0.4, -0.2) is 0 Å². The number of anilines is 3. The Morgan fingerprint density at radius 2 is 1.10 bits per heavy atom. The number of rotatable bonds is 5. The van der Waals surface area contributed by atoms with Gasteiger partial charge in [0.15, 0.2) is 0 Å². The standard InChI is InChI=1S/C55H37NO2/c1-55(2)46-20-10-8-18-41(46)42-29-28-39(32-47(42)55)56(48-21-12-16-35-13-6-7-17-40(35)48)38-26-23-34(24-27-38)37-25-30-50-44(31-37)45-33-51-53(43-19-9-11-22-49(43)57-51)52(54(45)58-50)36-14-4-3-5-15-36/h3-33H,1-2H3. The lowest BCUT2D eigenvalue weighted by molar-refractivity contribution is 0.660. The Labute approximate surface area is 336 Å². The van der Waals surface area contributed by atoms with Crippen molar-refractivity contribution in [3.8, 4) is 33.4 Å². The Morgan fingerprint density at radius 1 is 0.414 bits per heavy atom. The Balaban J connectivity index is 1.00. The van der Waals surface area contributed by atoms with Crippen LogP contribution in [0.2, 0.25) is 0 Å². The third-order valence-corrected chi connectivity index (χ3v) is 12.5. The van der Waals surface area contributed by atoms with Gasteiger partial charge in [-0.1, -0.05) is 147 Å². The molecule has 0 amide bonds. The summed E-state index contributed by atoms with van der Waals surface area (Å²) in [4.78, 5) is 2.42. The van der Waals surface area contributed by atoms with Gasteiger partial charge in [-0.25, -0.2) is 0 Å². The molecule has 0 fully saturated rings. The van der Waals surface area contributed by atoms with Crippen LogP contribution in [-0.2, 0) is 5.41 Å². The average Bonchev–Trinajstić information content (AvgIpc) is 3.90. The smallest absolute Gasteiger partial charge is 0.144 e. The lowest BCUT2D eigenvalue weighted by Crippen LogP contribution is -2.16. The van der Waals surface area contributed by atoms with Crippen molar-refractivity contribution in [2.24, 2.45) is 0 Å². The number of nitrogens with zero attached hydrogens (tertiary/aromatic N) is 1. The molecule has 0 aliphatic heterocycles. The topological polar surface area (TPSA) is 29.5 Å². The normalized spacial score (nSPS) is 13.1. The summed E-state index contributed by atoms with van der Waals surface area (Å²) in [5, 5.41) is 6.70. The Hall–Kier alpha value is -7.36. The van der Waals surface area contributed by atoms with Crippen LogP contribution >= 0.6 is 0 Å². The van der Waals surface area contributed by atoms with Gasteiger partial charge in [-0.3, -0.25) is 0 Å². The molecule has 11 aromatic rings. The Morgan fingerprint density at radius 3 is 1.98 bits per heavy atom. The highest BCUT2D eigenvalue weighted by Crippen LogP contribution is 2.51. The van der Waals surface area contributed by atoms with E-state index in [0.717, 1.165) is 83.2 Å². The summed E-state index contributed by atoms with van der Waals surface area (Å²) in [6.45, 7) is 4.70. The number of fused-ring (bicyclic) bond motifs is 10. The molecule has 3 heteroatoms. The average molecular weight is 744 g/mol. The molecule has 0 spiro atoms. The van der Waals surface area contributed by atoms with E-state index < -0.39 is 0 Å². The van der Waals surface area contributed by atoms with Crippen LogP contribution in [0, 0.1) is 0 Å². The second-order valence-corrected chi connectivity index (χ2v) is 16.1.